The molecule has 0 bridgehead atoms. The van der Waals surface area contributed by atoms with E-state index in [4.69, 9.17) is 5.11 Å². The number of carbonyl (C=O) groups is 1. The third-order valence-electron chi connectivity index (χ3n) is 2.77. The quantitative estimate of drug-likeness (QED) is 0.623. The molecule has 1 fully saturated rings. The Bertz CT molecular complexity index is 217. The third-order valence-corrected chi connectivity index (χ3v) is 2.77. The summed E-state index contributed by atoms with van der Waals surface area (Å²) in [6.07, 6.45) is 1.55. The van der Waals surface area contributed by atoms with Gasteiger partial charge in [0, 0.05) is 12.6 Å². The summed E-state index contributed by atoms with van der Waals surface area (Å²) < 4.78 is 0. The molecule has 1 saturated carbocycles. The van der Waals surface area contributed by atoms with Crippen molar-refractivity contribution in [2.24, 2.45) is 5.92 Å². The van der Waals surface area contributed by atoms with Gasteiger partial charge in [0.1, 0.15) is 0 Å². The Kier molecular flexibility index (Phi) is 3.50. The summed E-state index contributed by atoms with van der Waals surface area (Å²) in [4.78, 5) is 10.7. The van der Waals surface area contributed by atoms with Crippen LogP contribution in [0.3, 0.4) is 0 Å². The maximum Gasteiger partial charge on any atom is 0.306 e. The van der Waals surface area contributed by atoms with E-state index < -0.39 is 11.6 Å². The van der Waals surface area contributed by atoms with Gasteiger partial charge in [0.25, 0.3) is 0 Å². The highest BCUT2D eigenvalue weighted by Crippen LogP contribution is 2.34. The summed E-state index contributed by atoms with van der Waals surface area (Å²) in [5, 5.41) is 22.0. The minimum atomic E-state index is -0.812. The Hall–Kier alpha value is -0.610. The molecule has 0 aromatic heterocycles. The van der Waals surface area contributed by atoms with Gasteiger partial charge in [-0.3, -0.25) is 4.79 Å². The Morgan fingerprint density at radius 3 is 2.71 bits per heavy atom. The van der Waals surface area contributed by atoms with Gasteiger partial charge in [-0.05, 0) is 19.3 Å². The molecule has 82 valence electrons. The number of aliphatic carboxylic acids is 1. The molecule has 0 spiro atoms. The lowest BCUT2D eigenvalue weighted by molar-refractivity contribution is -0.142. The van der Waals surface area contributed by atoms with Gasteiger partial charge in [-0.15, -0.1) is 0 Å². The minimum Gasteiger partial charge on any atom is -0.481 e. The van der Waals surface area contributed by atoms with Crippen LogP contribution < -0.4 is 5.32 Å². The van der Waals surface area contributed by atoms with E-state index in [2.05, 4.69) is 5.32 Å². The average molecular weight is 201 g/mol. The minimum absolute atomic E-state index is 0.322. The fraction of sp³-hybridized carbons (Fsp3) is 0.900. The molecule has 0 heterocycles. The van der Waals surface area contributed by atoms with Crippen molar-refractivity contribution >= 4 is 5.97 Å². The van der Waals surface area contributed by atoms with Crippen LogP contribution in [0.5, 0.6) is 0 Å². The van der Waals surface area contributed by atoms with Gasteiger partial charge in [0.15, 0.2) is 0 Å². The van der Waals surface area contributed by atoms with E-state index in [-0.39, 0.29) is 5.92 Å². The standard InChI is InChI=1S/C10H19NO3/c1-7(2)11-6-10(14)4-3-8(5-10)9(12)13/h7-8,11,14H,3-6H2,1-2H3,(H,12,13). The number of hydrogen-bond acceptors (Lipinski definition) is 3. The molecule has 4 heteroatoms. The molecule has 0 aliphatic heterocycles. The first-order valence-electron chi connectivity index (χ1n) is 5.11. The number of carboxylic acid groups (broad SMARTS) is 1. The summed E-state index contributed by atoms with van der Waals surface area (Å²) in [5.74, 6) is -1.15. The summed E-state index contributed by atoms with van der Waals surface area (Å²) in [6.45, 7) is 4.51. The normalized spacial score (nSPS) is 32.4. The van der Waals surface area contributed by atoms with Crippen molar-refractivity contribution in [3.8, 4) is 0 Å². The molecule has 0 saturated heterocycles. The lowest BCUT2D eigenvalue weighted by Crippen LogP contribution is -2.41. The molecule has 14 heavy (non-hydrogen) atoms. The molecule has 2 atom stereocenters. The predicted molar refractivity (Wildman–Crippen MR) is 53.1 cm³/mol. The second kappa shape index (κ2) is 4.28. The molecule has 0 aromatic carbocycles. The second-order valence-corrected chi connectivity index (χ2v) is 4.54. The van der Waals surface area contributed by atoms with Gasteiger partial charge < -0.3 is 15.5 Å². The van der Waals surface area contributed by atoms with Crippen LogP contribution in [0.15, 0.2) is 0 Å². The van der Waals surface area contributed by atoms with Crippen molar-refractivity contribution in [1.29, 1.82) is 0 Å². The van der Waals surface area contributed by atoms with Crippen LogP contribution in [0.4, 0.5) is 0 Å². The lowest BCUT2D eigenvalue weighted by atomic mass is 10.00. The van der Waals surface area contributed by atoms with Crippen LogP contribution in [0, 0.1) is 5.92 Å². The molecular weight excluding hydrogens is 182 g/mol. The Morgan fingerprint density at radius 1 is 1.64 bits per heavy atom. The molecule has 2 unspecified atom stereocenters. The summed E-state index contributed by atoms with van der Waals surface area (Å²) in [5.41, 5.74) is -0.812. The maximum absolute atomic E-state index is 10.7. The highest BCUT2D eigenvalue weighted by Gasteiger charge is 2.40. The zero-order chi connectivity index (χ0) is 10.8. The van der Waals surface area contributed by atoms with Crippen LogP contribution >= 0.6 is 0 Å². The molecule has 1 aliphatic carbocycles. The van der Waals surface area contributed by atoms with Crippen LogP contribution in [-0.4, -0.2) is 34.4 Å². The number of carboxylic acids is 1. The molecule has 3 N–H and O–H groups in total. The monoisotopic (exact) mass is 201 g/mol. The second-order valence-electron chi connectivity index (χ2n) is 4.54. The van der Waals surface area contributed by atoms with E-state index in [1.54, 1.807) is 0 Å². The van der Waals surface area contributed by atoms with Gasteiger partial charge in [0.2, 0.25) is 0 Å². The van der Waals surface area contributed by atoms with Crippen LogP contribution in [0.2, 0.25) is 0 Å². The molecule has 0 amide bonds. The van der Waals surface area contributed by atoms with Gasteiger partial charge in [-0.2, -0.15) is 0 Å². The van der Waals surface area contributed by atoms with Gasteiger partial charge in [-0.25, -0.2) is 0 Å². The van der Waals surface area contributed by atoms with Crippen molar-refractivity contribution in [3.63, 3.8) is 0 Å². The number of hydrogen-bond donors (Lipinski definition) is 3. The summed E-state index contributed by atoms with van der Waals surface area (Å²) >= 11 is 0. The summed E-state index contributed by atoms with van der Waals surface area (Å²) in [6, 6.07) is 0.322. The molecule has 1 aliphatic rings. The van der Waals surface area contributed by atoms with E-state index in [9.17, 15) is 9.90 Å². The van der Waals surface area contributed by atoms with Crippen LogP contribution in [0.1, 0.15) is 33.1 Å². The molecule has 0 radical (unpaired) electrons. The largest absolute Gasteiger partial charge is 0.481 e. The number of rotatable bonds is 4. The van der Waals surface area contributed by atoms with Crippen molar-refractivity contribution in [3.05, 3.63) is 0 Å². The lowest BCUT2D eigenvalue weighted by Gasteiger charge is -2.24. The molecule has 0 aromatic rings. The zero-order valence-corrected chi connectivity index (χ0v) is 8.79. The first-order chi connectivity index (χ1) is 6.43. The molecule has 4 nitrogen and oxygen atoms in total. The van der Waals surface area contributed by atoms with Gasteiger partial charge in [0.05, 0.1) is 11.5 Å². The van der Waals surface area contributed by atoms with E-state index in [1.165, 1.54) is 0 Å². The van der Waals surface area contributed by atoms with E-state index in [0.29, 0.717) is 31.8 Å². The fourth-order valence-electron chi connectivity index (χ4n) is 1.87. The van der Waals surface area contributed by atoms with Crippen molar-refractivity contribution in [2.45, 2.75) is 44.8 Å². The first-order valence-corrected chi connectivity index (χ1v) is 5.11. The topological polar surface area (TPSA) is 69.6 Å². The fourth-order valence-corrected chi connectivity index (χ4v) is 1.87. The average Bonchev–Trinajstić information content (AvgIpc) is 2.46. The van der Waals surface area contributed by atoms with Crippen molar-refractivity contribution < 1.29 is 15.0 Å². The maximum atomic E-state index is 10.7. The van der Waals surface area contributed by atoms with Crippen molar-refractivity contribution in [2.75, 3.05) is 6.54 Å². The summed E-state index contributed by atoms with van der Waals surface area (Å²) in [7, 11) is 0. The molecular formula is C10H19NO3. The third kappa shape index (κ3) is 2.96. The number of nitrogens with one attached hydrogen (secondary N) is 1. The van der Waals surface area contributed by atoms with E-state index in [0.717, 1.165) is 0 Å². The Morgan fingerprint density at radius 2 is 2.29 bits per heavy atom. The van der Waals surface area contributed by atoms with Gasteiger partial charge >= 0.3 is 5.97 Å². The smallest absolute Gasteiger partial charge is 0.306 e. The van der Waals surface area contributed by atoms with E-state index in [1.807, 2.05) is 13.8 Å². The Labute approximate surface area is 84.3 Å². The van der Waals surface area contributed by atoms with Crippen molar-refractivity contribution in [1.82, 2.24) is 5.32 Å². The van der Waals surface area contributed by atoms with E-state index >= 15 is 0 Å². The zero-order valence-electron chi connectivity index (χ0n) is 8.79. The predicted octanol–water partition coefficient (Wildman–Crippen LogP) is 0.600. The first kappa shape index (κ1) is 11.5. The van der Waals surface area contributed by atoms with Crippen LogP contribution in [-0.2, 0) is 4.79 Å². The van der Waals surface area contributed by atoms with Gasteiger partial charge in [-0.1, -0.05) is 13.8 Å². The Balaban J connectivity index is 2.41. The molecule has 1 rings (SSSR count). The highest BCUT2D eigenvalue weighted by atomic mass is 16.4. The van der Waals surface area contributed by atoms with Crippen LogP contribution in [0.25, 0.3) is 0 Å². The number of aliphatic hydroxyl groups is 1. The SMILES string of the molecule is CC(C)NCC1(O)CCC(C(=O)O)C1. The highest BCUT2D eigenvalue weighted by molar-refractivity contribution is 5.70.